The maximum absolute atomic E-state index is 14.4. The average Bonchev–Trinajstić information content (AvgIpc) is 3.40. The van der Waals surface area contributed by atoms with Crippen LogP contribution in [0.1, 0.15) is 30.9 Å². The molecule has 9 heteroatoms. The summed E-state index contributed by atoms with van der Waals surface area (Å²) >= 11 is 0. The molecule has 2 aliphatic rings. The highest BCUT2D eigenvalue weighted by Gasteiger charge is 2.29. The topological polar surface area (TPSA) is 90.6 Å². The van der Waals surface area contributed by atoms with E-state index in [1.165, 1.54) is 18.2 Å². The second-order valence-electron chi connectivity index (χ2n) is 8.15. The van der Waals surface area contributed by atoms with Gasteiger partial charge in [0, 0.05) is 45.2 Å². The molecule has 2 N–H and O–H groups in total. The second-order valence-corrected chi connectivity index (χ2v) is 8.15. The molecule has 0 radical (unpaired) electrons. The smallest absolute Gasteiger partial charge is 0.321 e. The van der Waals surface area contributed by atoms with Gasteiger partial charge in [-0.15, -0.1) is 0 Å². The quantitative estimate of drug-likeness (QED) is 0.757. The molecule has 2 amide bonds. The lowest BCUT2D eigenvalue weighted by Gasteiger charge is -2.18. The van der Waals surface area contributed by atoms with E-state index in [1.807, 2.05) is 0 Å². The molecule has 1 aromatic heterocycles. The largest absolute Gasteiger partial charge is 0.493 e. The maximum Gasteiger partial charge on any atom is 0.321 e. The van der Waals surface area contributed by atoms with E-state index in [4.69, 9.17) is 4.74 Å². The number of halogens is 1. The van der Waals surface area contributed by atoms with E-state index in [2.05, 4.69) is 15.3 Å². The van der Waals surface area contributed by atoms with E-state index in [0.29, 0.717) is 49.4 Å². The van der Waals surface area contributed by atoms with Gasteiger partial charge >= 0.3 is 6.03 Å². The fraction of sp³-hybridized carbons (Fsp3) is 0.476. The zero-order valence-electron chi connectivity index (χ0n) is 17.2. The molecule has 1 unspecified atom stereocenters. The van der Waals surface area contributed by atoms with Crippen LogP contribution in [-0.4, -0.2) is 54.7 Å². The van der Waals surface area contributed by atoms with Gasteiger partial charge < -0.3 is 19.9 Å². The Balaban J connectivity index is 1.37. The molecule has 0 spiro atoms. The summed E-state index contributed by atoms with van der Waals surface area (Å²) in [5.74, 6) is 0.959. The molecule has 1 atom stereocenters. The summed E-state index contributed by atoms with van der Waals surface area (Å²) in [7, 11) is 3.60. The number of hydrogen-bond donors (Lipinski definition) is 2. The summed E-state index contributed by atoms with van der Waals surface area (Å²) in [6, 6.07) is 5.58. The Hall–Kier alpha value is -3.10. The van der Waals surface area contributed by atoms with Crippen LogP contribution in [0.25, 0.3) is 0 Å². The molecule has 4 rings (SSSR count). The summed E-state index contributed by atoms with van der Waals surface area (Å²) in [5, 5.41) is 2.63. The summed E-state index contributed by atoms with van der Waals surface area (Å²) in [4.78, 5) is 35.0. The average molecular weight is 415 g/mol. The van der Waals surface area contributed by atoms with E-state index >= 15 is 0 Å². The number of nitrogens with one attached hydrogen (secondary N) is 2. The van der Waals surface area contributed by atoms with Crippen molar-refractivity contribution in [2.75, 3.05) is 44.0 Å². The van der Waals surface area contributed by atoms with Crippen molar-refractivity contribution in [1.29, 1.82) is 0 Å². The summed E-state index contributed by atoms with van der Waals surface area (Å²) in [6.07, 6.45) is 3.01. The molecular weight excluding hydrogens is 389 g/mol. The molecule has 1 saturated heterocycles. The number of aromatic nitrogens is 2. The first-order valence-electron chi connectivity index (χ1n) is 10.2. The lowest BCUT2D eigenvalue weighted by Crippen LogP contribution is -2.33. The molecule has 1 aliphatic heterocycles. The lowest BCUT2D eigenvalue weighted by molar-refractivity contribution is 0.222. The lowest BCUT2D eigenvalue weighted by atomic mass is 10.1. The molecule has 2 aromatic rings. The SMILES string of the molecule is CN(C)c1nc(C2CCN(C(=O)Nc3ccc(OCC4CC4)cc3F)C2)cc(=O)[nH]1. The number of likely N-dealkylation sites (tertiary alicyclic amines) is 1. The minimum atomic E-state index is -0.528. The first-order chi connectivity index (χ1) is 14.4. The van der Waals surface area contributed by atoms with Gasteiger partial charge in [-0.2, -0.15) is 0 Å². The molecule has 2 heterocycles. The Kier molecular flexibility index (Phi) is 5.61. The zero-order chi connectivity index (χ0) is 21.3. The fourth-order valence-electron chi connectivity index (χ4n) is 3.45. The Morgan fingerprint density at radius 1 is 1.33 bits per heavy atom. The van der Waals surface area contributed by atoms with Gasteiger partial charge in [0.05, 0.1) is 18.0 Å². The molecule has 2 fully saturated rings. The zero-order valence-corrected chi connectivity index (χ0v) is 17.2. The van der Waals surface area contributed by atoms with Gasteiger partial charge in [-0.05, 0) is 37.3 Å². The van der Waals surface area contributed by atoms with Crippen LogP contribution in [0.5, 0.6) is 5.75 Å². The van der Waals surface area contributed by atoms with Crippen molar-refractivity contribution in [3.05, 3.63) is 46.1 Å². The van der Waals surface area contributed by atoms with Crippen LogP contribution in [0.4, 0.5) is 20.8 Å². The molecule has 1 saturated carbocycles. The molecule has 0 bridgehead atoms. The first-order valence-corrected chi connectivity index (χ1v) is 10.2. The Bertz CT molecular complexity index is 989. The van der Waals surface area contributed by atoms with Crippen LogP contribution >= 0.6 is 0 Å². The van der Waals surface area contributed by atoms with Crippen molar-refractivity contribution in [2.24, 2.45) is 5.92 Å². The number of amides is 2. The number of urea groups is 1. The molecule has 30 heavy (non-hydrogen) atoms. The molecular formula is C21H26FN5O3. The van der Waals surface area contributed by atoms with Gasteiger partial charge in [0.2, 0.25) is 5.95 Å². The number of carbonyl (C=O) groups is 1. The highest BCUT2D eigenvalue weighted by atomic mass is 19.1. The Morgan fingerprint density at radius 3 is 2.83 bits per heavy atom. The number of aromatic amines is 1. The van der Waals surface area contributed by atoms with Crippen LogP contribution in [0.3, 0.4) is 0 Å². The van der Waals surface area contributed by atoms with Crippen molar-refractivity contribution in [3.63, 3.8) is 0 Å². The minimum Gasteiger partial charge on any atom is -0.493 e. The number of anilines is 2. The highest BCUT2D eigenvalue weighted by Crippen LogP contribution is 2.30. The van der Waals surface area contributed by atoms with Gasteiger partial charge in [-0.3, -0.25) is 9.78 Å². The van der Waals surface area contributed by atoms with E-state index in [0.717, 1.165) is 12.8 Å². The summed E-state index contributed by atoms with van der Waals surface area (Å²) in [5.41, 5.74) is 0.546. The van der Waals surface area contributed by atoms with Crippen LogP contribution in [-0.2, 0) is 0 Å². The summed E-state index contributed by atoms with van der Waals surface area (Å²) in [6.45, 7) is 1.53. The first kappa shape index (κ1) is 20.2. The van der Waals surface area contributed by atoms with E-state index in [-0.39, 0.29) is 23.2 Å². The maximum atomic E-state index is 14.4. The van der Waals surface area contributed by atoms with Crippen molar-refractivity contribution >= 4 is 17.7 Å². The number of ether oxygens (including phenoxy) is 1. The highest BCUT2D eigenvalue weighted by molar-refractivity contribution is 5.89. The second kappa shape index (κ2) is 8.33. The number of H-pyrrole nitrogens is 1. The van der Waals surface area contributed by atoms with E-state index in [9.17, 15) is 14.0 Å². The third kappa shape index (κ3) is 4.72. The third-order valence-electron chi connectivity index (χ3n) is 5.43. The van der Waals surface area contributed by atoms with Crippen molar-refractivity contribution in [2.45, 2.75) is 25.2 Å². The number of rotatable bonds is 6. The summed E-state index contributed by atoms with van der Waals surface area (Å²) < 4.78 is 19.9. The predicted molar refractivity (Wildman–Crippen MR) is 112 cm³/mol. The number of carbonyl (C=O) groups excluding carboxylic acids is 1. The molecule has 1 aromatic carbocycles. The standard InChI is InChI=1S/C21H26FN5O3/c1-26(2)20-23-18(10-19(28)25-20)14-7-8-27(11-14)21(29)24-17-6-5-15(9-16(17)22)30-12-13-3-4-13/h5-6,9-10,13-14H,3-4,7-8,11-12H2,1-2H3,(H,24,29)(H,23,25,28). The molecule has 160 valence electrons. The number of nitrogens with zero attached hydrogens (tertiary/aromatic N) is 3. The van der Waals surface area contributed by atoms with E-state index < -0.39 is 5.82 Å². The Labute approximate surface area is 174 Å². The molecule has 1 aliphatic carbocycles. The van der Waals surface area contributed by atoms with Crippen LogP contribution in [0.2, 0.25) is 0 Å². The van der Waals surface area contributed by atoms with E-state index in [1.54, 1.807) is 30.0 Å². The van der Waals surface area contributed by atoms with Crippen LogP contribution < -0.4 is 20.5 Å². The van der Waals surface area contributed by atoms with Crippen molar-refractivity contribution < 1.29 is 13.9 Å². The molecule has 8 nitrogen and oxygen atoms in total. The van der Waals surface area contributed by atoms with Crippen molar-refractivity contribution in [3.8, 4) is 5.75 Å². The van der Waals surface area contributed by atoms with Gasteiger partial charge in [0.1, 0.15) is 11.6 Å². The van der Waals surface area contributed by atoms with Crippen molar-refractivity contribution in [1.82, 2.24) is 14.9 Å². The Morgan fingerprint density at radius 2 is 2.13 bits per heavy atom. The predicted octanol–water partition coefficient (Wildman–Crippen LogP) is 2.79. The van der Waals surface area contributed by atoms with Gasteiger partial charge in [0.25, 0.3) is 5.56 Å². The van der Waals surface area contributed by atoms with Gasteiger partial charge in [-0.25, -0.2) is 14.2 Å². The number of hydrogen-bond acceptors (Lipinski definition) is 5. The van der Waals surface area contributed by atoms with Crippen LogP contribution in [0.15, 0.2) is 29.1 Å². The number of benzene rings is 1. The van der Waals surface area contributed by atoms with Gasteiger partial charge in [-0.1, -0.05) is 0 Å². The third-order valence-corrected chi connectivity index (χ3v) is 5.43. The fourth-order valence-corrected chi connectivity index (χ4v) is 3.45. The van der Waals surface area contributed by atoms with Crippen LogP contribution in [0, 0.1) is 11.7 Å². The monoisotopic (exact) mass is 415 g/mol. The minimum absolute atomic E-state index is 0.0419. The normalized spacial score (nSPS) is 18.4. The van der Waals surface area contributed by atoms with Gasteiger partial charge in [0.15, 0.2) is 0 Å².